The minimum atomic E-state index is -0.547. The molecule has 0 unspecified atom stereocenters. The lowest BCUT2D eigenvalue weighted by Crippen LogP contribution is -2.07. The molecule has 6 heteroatoms. The zero-order chi connectivity index (χ0) is 18.8. The van der Waals surface area contributed by atoms with Gasteiger partial charge in [0.05, 0.1) is 10.8 Å². The van der Waals surface area contributed by atoms with Crippen LogP contribution in [-0.4, -0.2) is 17.9 Å². The van der Waals surface area contributed by atoms with E-state index in [4.69, 9.17) is 14.2 Å². The van der Waals surface area contributed by atoms with E-state index in [1.54, 1.807) is 24.3 Å². The second-order valence-electron chi connectivity index (χ2n) is 5.70. The summed E-state index contributed by atoms with van der Waals surface area (Å²) in [5.74, 6) is -0.858. The molecule has 0 N–H and O–H groups in total. The van der Waals surface area contributed by atoms with E-state index < -0.39 is 17.9 Å². The summed E-state index contributed by atoms with van der Waals surface area (Å²) in [6.45, 7) is 3.85. The Morgan fingerprint density at radius 1 is 0.654 bits per heavy atom. The third-order valence-electron chi connectivity index (χ3n) is 3.64. The van der Waals surface area contributed by atoms with Gasteiger partial charge in [0.15, 0.2) is 5.75 Å². The van der Waals surface area contributed by atoms with Gasteiger partial charge in [-0.3, -0.25) is 14.4 Å². The molecule has 0 saturated heterocycles. The van der Waals surface area contributed by atoms with Crippen LogP contribution in [0.2, 0.25) is 0 Å². The summed E-state index contributed by atoms with van der Waals surface area (Å²) in [6.07, 6.45) is 0. The zero-order valence-corrected chi connectivity index (χ0v) is 14.5. The molecule has 0 heterocycles. The Balaban J connectivity index is 2.46. The molecule has 3 aromatic rings. The van der Waals surface area contributed by atoms with Gasteiger partial charge in [-0.1, -0.05) is 24.3 Å². The summed E-state index contributed by atoms with van der Waals surface area (Å²) in [5, 5.41) is 2.33. The van der Waals surface area contributed by atoms with Gasteiger partial charge in [-0.15, -0.1) is 0 Å². The van der Waals surface area contributed by atoms with Crippen LogP contribution in [0.25, 0.3) is 21.5 Å². The van der Waals surface area contributed by atoms with E-state index >= 15 is 0 Å². The average molecular weight is 352 g/mol. The van der Waals surface area contributed by atoms with Crippen LogP contribution < -0.4 is 14.2 Å². The molecule has 6 nitrogen and oxygen atoms in total. The number of esters is 3. The quantitative estimate of drug-likeness (QED) is 0.406. The van der Waals surface area contributed by atoms with E-state index in [0.717, 1.165) is 0 Å². The largest absolute Gasteiger partial charge is 0.426 e. The van der Waals surface area contributed by atoms with Crippen LogP contribution >= 0.6 is 0 Å². The van der Waals surface area contributed by atoms with E-state index in [9.17, 15) is 14.4 Å². The van der Waals surface area contributed by atoms with Crippen molar-refractivity contribution in [3.8, 4) is 17.2 Å². The lowest BCUT2D eigenvalue weighted by atomic mass is 10.0. The molecule has 0 aromatic heterocycles. The number of fused-ring (bicyclic) bond motifs is 2. The van der Waals surface area contributed by atoms with Crippen molar-refractivity contribution in [1.82, 2.24) is 0 Å². The van der Waals surface area contributed by atoms with E-state index in [2.05, 4.69) is 0 Å². The maximum atomic E-state index is 11.7. The Morgan fingerprint density at radius 2 is 1.08 bits per heavy atom. The summed E-state index contributed by atoms with van der Waals surface area (Å²) >= 11 is 0. The average Bonchev–Trinajstić information content (AvgIpc) is 2.53. The number of carbonyl (C=O) groups excluding carboxylic acids is 3. The van der Waals surface area contributed by atoms with E-state index in [-0.39, 0.29) is 17.2 Å². The number of hydrogen-bond donors (Lipinski definition) is 0. The highest BCUT2D eigenvalue weighted by molar-refractivity contribution is 6.11. The first-order chi connectivity index (χ1) is 12.4. The summed E-state index contributed by atoms with van der Waals surface area (Å²) in [7, 11) is 0. The van der Waals surface area contributed by atoms with Crippen LogP contribution in [0.5, 0.6) is 17.2 Å². The Bertz CT molecular complexity index is 977. The third-order valence-corrected chi connectivity index (χ3v) is 3.64. The van der Waals surface area contributed by atoms with Crippen molar-refractivity contribution in [2.75, 3.05) is 0 Å². The van der Waals surface area contributed by atoms with Gasteiger partial charge in [-0.25, -0.2) is 0 Å². The summed E-state index contributed by atoms with van der Waals surface area (Å²) in [4.78, 5) is 34.7. The van der Waals surface area contributed by atoms with Crippen molar-refractivity contribution in [2.24, 2.45) is 0 Å². The van der Waals surface area contributed by atoms with Gasteiger partial charge < -0.3 is 14.2 Å². The third kappa shape index (κ3) is 3.35. The molecule has 26 heavy (non-hydrogen) atoms. The van der Waals surface area contributed by atoms with Gasteiger partial charge in [0, 0.05) is 20.8 Å². The van der Waals surface area contributed by atoms with Crippen LogP contribution in [0.3, 0.4) is 0 Å². The molecular formula is C20H16O6. The molecule has 0 aliphatic heterocycles. The normalized spacial score (nSPS) is 10.6. The number of benzene rings is 3. The molecule has 0 fully saturated rings. The predicted octanol–water partition coefficient (Wildman–Crippen LogP) is 3.77. The molecule has 0 atom stereocenters. The topological polar surface area (TPSA) is 78.9 Å². The standard InChI is InChI=1S/C20H16O6/c1-11(21)24-16-8-4-6-14-10-15-7-5-9-17(25-12(2)22)19(15)20(18(14)16)26-13(3)23/h4-10H,1-3H3. The molecule has 3 rings (SSSR count). The Labute approximate surface area is 149 Å². The molecule has 0 bridgehead atoms. The first-order valence-electron chi connectivity index (χ1n) is 7.90. The van der Waals surface area contributed by atoms with Crippen molar-refractivity contribution in [3.05, 3.63) is 42.5 Å². The van der Waals surface area contributed by atoms with Crippen molar-refractivity contribution in [2.45, 2.75) is 20.8 Å². The van der Waals surface area contributed by atoms with Gasteiger partial charge in [0.2, 0.25) is 0 Å². The fourth-order valence-electron chi connectivity index (χ4n) is 2.84. The molecular weight excluding hydrogens is 336 g/mol. The van der Waals surface area contributed by atoms with Gasteiger partial charge in [-0.2, -0.15) is 0 Å². The molecule has 0 saturated carbocycles. The Morgan fingerprint density at radius 3 is 1.46 bits per heavy atom. The maximum Gasteiger partial charge on any atom is 0.308 e. The van der Waals surface area contributed by atoms with Gasteiger partial charge >= 0.3 is 17.9 Å². The van der Waals surface area contributed by atoms with Crippen molar-refractivity contribution < 1.29 is 28.6 Å². The second kappa shape index (κ2) is 6.84. The highest BCUT2D eigenvalue weighted by Gasteiger charge is 2.19. The summed E-state index contributed by atoms with van der Waals surface area (Å²) < 4.78 is 16.0. The summed E-state index contributed by atoms with van der Waals surface area (Å²) in [6, 6.07) is 12.2. The summed E-state index contributed by atoms with van der Waals surface area (Å²) in [5.41, 5.74) is 0. The Kier molecular flexibility index (Phi) is 4.58. The predicted molar refractivity (Wildman–Crippen MR) is 95.4 cm³/mol. The first-order valence-corrected chi connectivity index (χ1v) is 7.90. The monoisotopic (exact) mass is 352 g/mol. The first kappa shape index (κ1) is 17.4. The van der Waals surface area contributed by atoms with Crippen LogP contribution in [0.1, 0.15) is 20.8 Å². The van der Waals surface area contributed by atoms with Crippen LogP contribution in [-0.2, 0) is 14.4 Å². The van der Waals surface area contributed by atoms with E-state index in [0.29, 0.717) is 21.5 Å². The molecule has 132 valence electrons. The highest BCUT2D eigenvalue weighted by Crippen LogP contribution is 2.44. The molecule has 0 aliphatic rings. The smallest absolute Gasteiger partial charge is 0.308 e. The minimum Gasteiger partial charge on any atom is -0.426 e. The maximum absolute atomic E-state index is 11.7. The molecule has 0 amide bonds. The van der Waals surface area contributed by atoms with E-state index in [1.165, 1.54) is 20.8 Å². The molecule has 3 aromatic carbocycles. The minimum absolute atomic E-state index is 0.179. The van der Waals surface area contributed by atoms with Crippen LogP contribution in [0, 0.1) is 0 Å². The second-order valence-corrected chi connectivity index (χ2v) is 5.70. The van der Waals surface area contributed by atoms with Crippen molar-refractivity contribution in [1.29, 1.82) is 0 Å². The fourth-order valence-corrected chi connectivity index (χ4v) is 2.84. The van der Waals surface area contributed by atoms with Gasteiger partial charge in [0.1, 0.15) is 11.5 Å². The number of hydrogen-bond acceptors (Lipinski definition) is 6. The highest BCUT2D eigenvalue weighted by atomic mass is 16.6. The number of rotatable bonds is 3. The lowest BCUT2D eigenvalue weighted by molar-refractivity contribution is -0.132. The van der Waals surface area contributed by atoms with E-state index in [1.807, 2.05) is 18.2 Å². The van der Waals surface area contributed by atoms with Gasteiger partial charge in [0.25, 0.3) is 0 Å². The lowest BCUT2D eigenvalue weighted by Gasteiger charge is -2.15. The van der Waals surface area contributed by atoms with Gasteiger partial charge in [-0.05, 0) is 29.0 Å². The van der Waals surface area contributed by atoms with Crippen LogP contribution in [0.4, 0.5) is 0 Å². The molecule has 0 radical (unpaired) electrons. The molecule has 0 aliphatic carbocycles. The van der Waals surface area contributed by atoms with Crippen LogP contribution in [0.15, 0.2) is 42.5 Å². The fraction of sp³-hybridized carbons (Fsp3) is 0.150. The van der Waals surface area contributed by atoms with Crippen molar-refractivity contribution in [3.63, 3.8) is 0 Å². The molecule has 0 spiro atoms. The number of carbonyl (C=O) groups is 3. The Hall–Kier alpha value is -3.41. The van der Waals surface area contributed by atoms with Crippen molar-refractivity contribution >= 4 is 39.5 Å². The SMILES string of the molecule is CC(=O)Oc1cccc2cc3cccc(OC(C)=O)c3c(OC(C)=O)c12. The number of ether oxygens (including phenoxy) is 3. The zero-order valence-electron chi connectivity index (χ0n) is 14.5.